The van der Waals surface area contributed by atoms with Gasteiger partial charge in [0.25, 0.3) is 0 Å². The van der Waals surface area contributed by atoms with Crippen molar-refractivity contribution < 1.29 is 9.59 Å². The molecule has 0 spiro atoms. The highest BCUT2D eigenvalue weighted by molar-refractivity contribution is 6.25. The van der Waals surface area contributed by atoms with Gasteiger partial charge in [-0.25, -0.2) is 0 Å². The lowest BCUT2D eigenvalue weighted by molar-refractivity contribution is 0.0889. The molecule has 4 rings (SSSR count). The fourth-order valence-electron chi connectivity index (χ4n) is 3.40. The lowest BCUT2D eigenvalue weighted by Gasteiger charge is -2.13. The number of fused-ring (bicyclic) bond motifs is 2. The van der Waals surface area contributed by atoms with E-state index in [0.717, 1.165) is 41.4 Å². The Hall–Kier alpha value is -2.75. The first-order chi connectivity index (χ1) is 11.7. The summed E-state index contributed by atoms with van der Waals surface area (Å²) in [7, 11) is 0. The molecule has 0 aliphatic heterocycles. The van der Waals surface area contributed by atoms with Gasteiger partial charge < -0.3 is 0 Å². The van der Waals surface area contributed by atoms with Crippen LogP contribution in [0.25, 0.3) is 22.2 Å². The van der Waals surface area contributed by atoms with Gasteiger partial charge in [-0.15, -0.1) is 0 Å². The summed E-state index contributed by atoms with van der Waals surface area (Å²) in [6.07, 6.45) is 3.44. The van der Waals surface area contributed by atoms with Gasteiger partial charge in [-0.2, -0.15) is 9.78 Å². The number of hydrogen-bond donors (Lipinski definition) is 0. The molecule has 0 saturated heterocycles. The van der Waals surface area contributed by atoms with Crippen molar-refractivity contribution in [2.75, 3.05) is 0 Å². The normalized spacial score (nSPS) is 12.5. The number of nitrogens with zero attached hydrogens (tertiary/aromatic N) is 2. The van der Waals surface area contributed by atoms with Gasteiger partial charge in [0, 0.05) is 28.5 Å². The first kappa shape index (κ1) is 14.8. The van der Waals surface area contributed by atoms with E-state index in [2.05, 4.69) is 12.0 Å². The molecule has 24 heavy (non-hydrogen) atoms. The smallest absolute Gasteiger partial charge is 0.247 e. The van der Waals surface area contributed by atoms with E-state index in [4.69, 9.17) is 0 Å². The number of unbranched alkanes of at least 4 members (excludes halogenated alkanes) is 2. The summed E-state index contributed by atoms with van der Waals surface area (Å²) in [5.74, 6) is -0.00892. The van der Waals surface area contributed by atoms with Crippen LogP contribution in [-0.2, 0) is 0 Å². The summed E-state index contributed by atoms with van der Waals surface area (Å²) in [5, 5.41) is 5.39. The van der Waals surface area contributed by atoms with Gasteiger partial charge in [-0.05, 0) is 12.5 Å². The Kier molecular flexibility index (Phi) is 3.53. The van der Waals surface area contributed by atoms with E-state index in [1.54, 1.807) is 0 Å². The first-order valence-electron chi connectivity index (χ1n) is 8.41. The monoisotopic (exact) mass is 318 g/mol. The quantitative estimate of drug-likeness (QED) is 0.522. The van der Waals surface area contributed by atoms with Crippen LogP contribution in [0.5, 0.6) is 0 Å². The van der Waals surface area contributed by atoms with Crippen LogP contribution >= 0.6 is 0 Å². The van der Waals surface area contributed by atoms with Gasteiger partial charge in [0.05, 0.1) is 5.52 Å². The van der Waals surface area contributed by atoms with Crippen LogP contribution in [0.2, 0.25) is 0 Å². The average molecular weight is 318 g/mol. The van der Waals surface area contributed by atoms with Gasteiger partial charge in [0.15, 0.2) is 5.78 Å². The van der Waals surface area contributed by atoms with Gasteiger partial charge in [0.2, 0.25) is 5.91 Å². The Labute approximate surface area is 140 Å². The zero-order chi connectivity index (χ0) is 16.7. The molecular weight excluding hydrogens is 300 g/mol. The topological polar surface area (TPSA) is 52.0 Å². The Morgan fingerprint density at radius 2 is 1.75 bits per heavy atom. The van der Waals surface area contributed by atoms with Crippen LogP contribution in [0.15, 0.2) is 42.5 Å². The summed E-state index contributed by atoms with van der Waals surface area (Å²) < 4.78 is 1.49. The van der Waals surface area contributed by atoms with E-state index >= 15 is 0 Å². The third-order valence-corrected chi connectivity index (χ3v) is 4.61. The molecule has 4 heteroatoms. The standard InChI is InChI=1S/C20H18N2O2/c1-2-3-4-12-17(23)22-16-11-7-10-15-18(16)19(21-22)13-8-5-6-9-14(13)20(15)24/h5-11H,2-4,12H2,1H3. The minimum absolute atomic E-state index is 0.00156. The molecule has 0 fully saturated rings. The number of benzene rings is 2. The number of aromatic nitrogens is 2. The van der Waals surface area contributed by atoms with E-state index in [9.17, 15) is 9.59 Å². The van der Waals surface area contributed by atoms with Gasteiger partial charge in [-0.3, -0.25) is 9.59 Å². The van der Waals surface area contributed by atoms with Crippen molar-refractivity contribution in [3.63, 3.8) is 0 Å². The van der Waals surface area contributed by atoms with Crippen LogP contribution in [0.1, 0.15) is 53.3 Å². The molecule has 3 aromatic rings. The zero-order valence-corrected chi connectivity index (χ0v) is 13.6. The van der Waals surface area contributed by atoms with E-state index in [1.165, 1.54) is 4.68 Å². The molecule has 0 radical (unpaired) electrons. The molecule has 0 saturated carbocycles. The van der Waals surface area contributed by atoms with Crippen molar-refractivity contribution in [2.45, 2.75) is 32.6 Å². The fourth-order valence-corrected chi connectivity index (χ4v) is 3.40. The molecule has 0 amide bonds. The summed E-state index contributed by atoms with van der Waals surface area (Å²) in [6, 6.07) is 13.0. The summed E-state index contributed by atoms with van der Waals surface area (Å²) in [4.78, 5) is 25.4. The molecule has 0 atom stereocenters. The number of ketones is 1. The van der Waals surface area contributed by atoms with E-state index in [-0.39, 0.29) is 11.7 Å². The maximum absolute atomic E-state index is 12.8. The lowest BCUT2D eigenvalue weighted by Crippen LogP contribution is -2.11. The molecule has 1 aliphatic rings. The lowest BCUT2D eigenvalue weighted by atomic mass is 9.87. The second-order valence-electron chi connectivity index (χ2n) is 6.19. The molecule has 2 aromatic carbocycles. The summed E-state index contributed by atoms with van der Waals surface area (Å²) >= 11 is 0. The second kappa shape index (κ2) is 5.71. The SMILES string of the molecule is CCCCCC(=O)n1nc2c3c(cccc31)C(=O)c1ccccc1-2. The molecule has 0 unspecified atom stereocenters. The van der Waals surface area contributed by atoms with Crippen molar-refractivity contribution >= 4 is 22.6 Å². The van der Waals surface area contributed by atoms with Crippen LogP contribution in [-0.4, -0.2) is 21.5 Å². The Morgan fingerprint density at radius 3 is 2.54 bits per heavy atom. The molecule has 1 aliphatic carbocycles. The van der Waals surface area contributed by atoms with E-state index < -0.39 is 0 Å². The number of carbonyl (C=O) groups is 2. The summed E-state index contributed by atoms with van der Waals surface area (Å²) in [5.41, 5.74) is 3.56. The number of carbonyl (C=O) groups excluding carboxylic acids is 2. The van der Waals surface area contributed by atoms with Gasteiger partial charge in [0.1, 0.15) is 5.69 Å². The third-order valence-electron chi connectivity index (χ3n) is 4.61. The number of hydrogen-bond acceptors (Lipinski definition) is 3. The van der Waals surface area contributed by atoms with Crippen molar-refractivity contribution in [2.24, 2.45) is 0 Å². The van der Waals surface area contributed by atoms with Crippen molar-refractivity contribution in [1.29, 1.82) is 0 Å². The largest absolute Gasteiger partial charge is 0.289 e. The minimum Gasteiger partial charge on any atom is -0.289 e. The highest BCUT2D eigenvalue weighted by Crippen LogP contribution is 2.38. The molecule has 1 heterocycles. The molecule has 0 N–H and O–H groups in total. The summed E-state index contributed by atoms with van der Waals surface area (Å²) in [6.45, 7) is 2.11. The molecule has 0 bridgehead atoms. The van der Waals surface area contributed by atoms with Crippen molar-refractivity contribution in [3.05, 3.63) is 53.6 Å². The highest BCUT2D eigenvalue weighted by atomic mass is 16.2. The van der Waals surface area contributed by atoms with Gasteiger partial charge in [-0.1, -0.05) is 56.2 Å². The Bertz CT molecular complexity index is 969. The predicted molar refractivity (Wildman–Crippen MR) is 93.4 cm³/mol. The van der Waals surface area contributed by atoms with Crippen LogP contribution in [0, 0.1) is 0 Å². The number of rotatable bonds is 4. The van der Waals surface area contributed by atoms with Crippen LogP contribution in [0.3, 0.4) is 0 Å². The maximum atomic E-state index is 12.8. The van der Waals surface area contributed by atoms with E-state index in [1.807, 2.05) is 42.5 Å². The maximum Gasteiger partial charge on any atom is 0.247 e. The Balaban J connectivity index is 1.91. The highest BCUT2D eigenvalue weighted by Gasteiger charge is 2.29. The van der Waals surface area contributed by atoms with Crippen molar-refractivity contribution in [3.8, 4) is 11.3 Å². The Morgan fingerprint density at radius 1 is 1.00 bits per heavy atom. The average Bonchev–Trinajstić information content (AvgIpc) is 3.00. The molecular formula is C20H18N2O2. The molecule has 1 aromatic heterocycles. The van der Waals surface area contributed by atoms with Crippen LogP contribution in [0.4, 0.5) is 0 Å². The first-order valence-corrected chi connectivity index (χ1v) is 8.41. The minimum atomic E-state index is -0.0105. The van der Waals surface area contributed by atoms with Gasteiger partial charge >= 0.3 is 0 Å². The fraction of sp³-hybridized carbons (Fsp3) is 0.250. The van der Waals surface area contributed by atoms with Crippen molar-refractivity contribution in [1.82, 2.24) is 9.78 Å². The second-order valence-corrected chi connectivity index (χ2v) is 6.19. The third kappa shape index (κ3) is 2.10. The molecule has 120 valence electrons. The van der Waals surface area contributed by atoms with Crippen LogP contribution < -0.4 is 0 Å². The zero-order valence-electron chi connectivity index (χ0n) is 13.6. The van der Waals surface area contributed by atoms with E-state index in [0.29, 0.717) is 17.5 Å². The molecule has 4 nitrogen and oxygen atoms in total. The predicted octanol–water partition coefficient (Wildman–Crippen LogP) is 4.47.